The number of pyridine rings is 1. The highest BCUT2D eigenvalue weighted by Crippen LogP contribution is 2.36. The number of nitrogens with one attached hydrogen (secondary N) is 2. The van der Waals surface area contributed by atoms with Crippen LogP contribution < -0.4 is 14.8 Å². The summed E-state index contributed by atoms with van der Waals surface area (Å²) in [5, 5.41) is 5.23. The first-order chi connectivity index (χ1) is 14.0. The molecule has 0 radical (unpaired) electrons. The number of halogens is 3. The van der Waals surface area contributed by atoms with Crippen molar-refractivity contribution < 1.29 is 13.5 Å². The highest BCUT2D eigenvalue weighted by atomic mass is 35.5. The monoisotopic (exact) mass is 435 g/mol. The van der Waals surface area contributed by atoms with Gasteiger partial charge in [-0.3, -0.25) is 0 Å². The summed E-state index contributed by atoms with van der Waals surface area (Å²) < 4.78 is 37.1. The van der Waals surface area contributed by atoms with Gasteiger partial charge in [-0.15, -0.1) is 0 Å². The Hall–Kier alpha value is -2.64. The van der Waals surface area contributed by atoms with Crippen LogP contribution in [0.1, 0.15) is 12.5 Å². The average molecular weight is 436 g/mol. The molecule has 3 rings (SSSR count). The number of aromatic nitrogens is 1. The fourth-order valence-electron chi connectivity index (χ4n) is 2.67. The molecular formula is C21H20ClF2N3OS. The number of para-hydroxylation sites is 1. The molecule has 4 nitrogen and oxygen atoms in total. The van der Waals surface area contributed by atoms with E-state index in [0.717, 1.165) is 5.69 Å². The minimum Gasteiger partial charge on any atom is -0.481 e. The normalized spacial score (nSPS) is 11.9. The van der Waals surface area contributed by atoms with Gasteiger partial charge < -0.3 is 14.8 Å². The van der Waals surface area contributed by atoms with Gasteiger partial charge in [-0.2, -0.15) is 0 Å². The van der Waals surface area contributed by atoms with E-state index in [1.54, 1.807) is 31.5 Å². The number of nitrogens with zero attached hydrogens (tertiary/aromatic N) is 1. The highest BCUT2D eigenvalue weighted by Gasteiger charge is 2.14. The van der Waals surface area contributed by atoms with Gasteiger partial charge in [0.15, 0.2) is 0 Å². The van der Waals surface area contributed by atoms with Gasteiger partial charge in [0.2, 0.25) is 5.88 Å². The molecule has 0 saturated carbocycles. The minimum absolute atomic E-state index is 0.0600. The van der Waals surface area contributed by atoms with Crippen LogP contribution in [0.2, 0.25) is 5.02 Å². The van der Waals surface area contributed by atoms with Crippen LogP contribution in [0, 0.1) is 11.6 Å². The lowest BCUT2D eigenvalue weighted by atomic mass is 10.2. The molecule has 0 aliphatic carbocycles. The van der Waals surface area contributed by atoms with Crippen LogP contribution in [-0.4, -0.2) is 17.5 Å². The Balaban J connectivity index is 1.87. The van der Waals surface area contributed by atoms with Crippen LogP contribution in [-0.2, 0) is 6.54 Å². The van der Waals surface area contributed by atoms with Crippen molar-refractivity contribution in [2.24, 2.45) is 0 Å². The number of hydrogen-bond donors (Lipinski definition) is 2. The van der Waals surface area contributed by atoms with Crippen molar-refractivity contribution in [1.82, 2.24) is 4.98 Å². The smallest absolute Gasteiger partial charge is 0.213 e. The van der Waals surface area contributed by atoms with Gasteiger partial charge in [0, 0.05) is 28.1 Å². The quantitative estimate of drug-likeness (QED) is 0.439. The molecular weight excluding hydrogens is 416 g/mol. The molecule has 0 fully saturated rings. The molecule has 152 valence electrons. The van der Waals surface area contributed by atoms with E-state index in [-0.39, 0.29) is 12.1 Å². The summed E-state index contributed by atoms with van der Waals surface area (Å²) in [5.41, 5.74) is 1.35. The van der Waals surface area contributed by atoms with Crippen LogP contribution in [0.15, 0.2) is 59.6 Å². The van der Waals surface area contributed by atoms with Crippen molar-refractivity contribution in [3.8, 4) is 5.88 Å². The Morgan fingerprint density at radius 3 is 2.52 bits per heavy atom. The molecule has 1 aromatic heterocycles. The summed E-state index contributed by atoms with van der Waals surface area (Å²) >= 11 is 6.09. The van der Waals surface area contributed by atoms with Gasteiger partial charge in [-0.25, -0.2) is 13.8 Å². The first kappa shape index (κ1) is 21.1. The van der Waals surface area contributed by atoms with E-state index in [9.17, 15) is 8.78 Å². The zero-order chi connectivity index (χ0) is 20.8. The number of anilines is 2. The third kappa shape index (κ3) is 5.05. The first-order valence-electron chi connectivity index (χ1n) is 8.78. The van der Waals surface area contributed by atoms with E-state index in [0.29, 0.717) is 21.5 Å². The van der Waals surface area contributed by atoms with Crippen LogP contribution in [0.3, 0.4) is 0 Å². The van der Waals surface area contributed by atoms with Crippen molar-refractivity contribution in [2.75, 3.05) is 17.1 Å². The second-order valence-electron chi connectivity index (χ2n) is 5.93. The van der Waals surface area contributed by atoms with Gasteiger partial charge in [0.05, 0.1) is 24.7 Å². The Morgan fingerprint density at radius 2 is 1.86 bits per heavy atom. The van der Waals surface area contributed by atoms with E-state index in [2.05, 4.69) is 15.0 Å². The van der Waals surface area contributed by atoms with Gasteiger partial charge in [-0.1, -0.05) is 34.4 Å². The lowest BCUT2D eigenvalue weighted by Gasteiger charge is -2.18. The fourth-order valence-corrected chi connectivity index (χ4v) is 4.37. The SMILES string of the molecule is C/C=S(/Nc1ccc(OC)nc1)c1cccc(F)c1NCc1c(F)cccc1Cl. The second kappa shape index (κ2) is 9.71. The van der Waals surface area contributed by atoms with E-state index < -0.39 is 22.3 Å². The summed E-state index contributed by atoms with van der Waals surface area (Å²) in [7, 11) is 0.918. The van der Waals surface area contributed by atoms with E-state index in [4.69, 9.17) is 16.3 Å². The Bertz CT molecular complexity index is 1010. The summed E-state index contributed by atoms with van der Waals surface area (Å²) in [5.74, 6) is -0.360. The van der Waals surface area contributed by atoms with Crippen LogP contribution in [0.25, 0.3) is 0 Å². The van der Waals surface area contributed by atoms with E-state index >= 15 is 0 Å². The molecule has 1 unspecified atom stereocenters. The van der Waals surface area contributed by atoms with Gasteiger partial charge in [0.25, 0.3) is 0 Å². The molecule has 0 amide bonds. The molecule has 0 saturated heterocycles. The molecule has 0 spiro atoms. The maximum absolute atomic E-state index is 14.6. The molecule has 0 aliphatic rings. The second-order valence-corrected chi connectivity index (χ2v) is 8.13. The van der Waals surface area contributed by atoms with E-state index in [1.807, 2.05) is 24.4 Å². The molecule has 8 heteroatoms. The molecule has 3 aromatic rings. The number of benzene rings is 2. The summed E-state index contributed by atoms with van der Waals surface area (Å²) in [6.45, 7) is 1.94. The van der Waals surface area contributed by atoms with E-state index in [1.165, 1.54) is 18.2 Å². The van der Waals surface area contributed by atoms with Gasteiger partial charge in [0.1, 0.15) is 11.6 Å². The highest BCUT2D eigenvalue weighted by molar-refractivity contribution is 8.16. The molecule has 2 N–H and O–H groups in total. The lowest BCUT2D eigenvalue weighted by Crippen LogP contribution is -2.07. The topological polar surface area (TPSA) is 46.2 Å². The lowest BCUT2D eigenvalue weighted by molar-refractivity contribution is 0.398. The van der Waals surface area contributed by atoms with Crippen LogP contribution in [0.5, 0.6) is 5.88 Å². The summed E-state index contributed by atoms with van der Waals surface area (Å²) in [4.78, 5) is 4.88. The standard InChI is InChI=1S/C21H20ClF2N3OS/c1-3-29(27-14-10-11-20(28-2)25-12-14)19-9-5-8-18(24)21(19)26-13-15-16(22)6-4-7-17(15)23/h3-12,26-27H,13H2,1-2H3. The minimum atomic E-state index is -0.630. The molecule has 0 bridgehead atoms. The van der Waals surface area contributed by atoms with Gasteiger partial charge >= 0.3 is 0 Å². The van der Waals surface area contributed by atoms with Crippen LogP contribution >= 0.6 is 22.3 Å². The predicted molar refractivity (Wildman–Crippen MR) is 117 cm³/mol. The Morgan fingerprint density at radius 1 is 1.10 bits per heavy atom. The zero-order valence-corrected chi connectivity index (χ0v) is 17.5. The number of rotatable bonds is 7. The fraction of sp³-hybridized carbons (Fsp3) is 0.143. The largest absolute Gasteiger partial charge is 0.481 e. The molecule has 1 heterocycles. The Labute approximate surface area is 176 Å². The predicted octanol–water partition coefficient (Wildman–Crippen LogP) is 6.11. The molecule has 2 aromatic carbocycles. The summed E-state index contributed by atoms with van der Waals surface area (Å²) in [6.07, 6.45) is 1.65. The molecule has 0 aliphatic heterocycles. The van der Waals surface area contributed by atoms with Crippen molar-refractivity contribution in [1.29, 1.82) is 0 Å². The average Bonchev–Trinajstić information content (AvgIpc) is 2.73. The number of methoxy groups -OCH3 is 1. The number of hydrogen-bond acceptors (Lipinski definition) is 4. The maximum atomic E-state index is 14.6. The maximum Gasteiger partial charge on any atom is 0.213 e. The molecule has 1 atom stereocenters. The van der Waals surface area contributed by atoms with Crippen molar-refractivity contribution in [3.63, 3.8) is 0 Å². The third-order valence-electron chi connectivity index (χ3n) is 4.12. The van der Waals surface area contributed by atoms with Gasteiger partial charge in [-0.05, 0) is 42.6 Å². The van der Waals surface area contributed by atoms with Crippen molar-refractivity contribution >= 4 is 39.0 Å². The molecule has 29 heavy (non-hydrogen) atoms. The van der Waals surface area contributed by atoms with Crippen molar-refractivity contribution in [3.05, 3.63) is 76.9 Å². The summed E-state index contributed by atoms with van der Waals surface area (Å²) in [6, 6.07) is 12.9. The first-order valence-corrected chi connectivity index (χ1v) is 10.4. The van der Waals surface area contributed by atoms with Crippen molar-refractivity contribution in [2.45, 2.75) is 18.4 Å². The number of ether oxygens (including phenoxy) is 1. The zero-order valence-electron chi connectivity index (χ0n) is 15.9. The van der Waals surface area contributed by atoms with Crippen LogP contribution in [0.4, 0.5) is 20.2 Å². The third-order valence-corrected chi connectivity index (χ3v) is 6.22. The Kier molecular flexibility index (Phi) is 7.06.